The number of carbonyl (C=O) groups is 1. The lowest BCUT2D eigenvalue weighted by atomic mass is 9.85. The fourth-order valence-electron chi connectivity index (χ4n) is 1.13. The molecular weight excluding hydrogens is 162 g/mol. The first-order chi connectivity index (χ1) is 5.93. The topological polar surface area (TPSA) is 30.0 Å². The summed E-state index contributed by atoms with van der Waals surface area (Å²) in [5.41, 5.74) is 1.41. The molecule has 70 valence electrons. The maximum Gasteiger partial charge on any atom is 0.168 e. The van der Waals surface area contributed by atoms with Gasteiger partial charge in [-0.3, -0.25) is 9.78 Å². The van der Waals surface area contributed by atoms with Gasteiger partial charge in [-0.2, -0.15) is 0 Å². The molecule has 0 saturated carbocycles. The number of hydrogen-bond acceptors (Lipinski definition) is 2. The molecule has 2 nitrogen and oxygen atoms in total. The van der Waals surface area contributed by atoms with Crippen molar-refractivity contribution >= 4 is 5.78 Å². The van der Waals surface area contributed by atoms with E-state index in [0.717, 1.165) is 11.1 Å². The van der Waals surface area contributed by atoms with Gasteiger partial charge in [-0.05, 0) is 18.6 Å². The number of aromatic nitrogens is 1. The molecule has 1 aromatic rings. The first kappa shape index (κ1) is 9.90. The van der Waals surface area contributed by atoms with E-state index in [1.807, 2.05) is 27.7 Å². The number of pyridine rings is 1. The van der Waals surface area contributed by atoms with Crippen LogP contribution in [0.5, 0.6) is 0 Å². The van der Waals surface area contributed by atoms with Crippen LogP contribution >= 0.6 is 0 Å². The number of rotatable bonds is 1. The lowest BCUT2D eigenvalue weighted by molar-refractivity contribution is 0.0857. The molecule has 0 spiro atoms. The lowest BCUT2D eigenvalue weighted by Crippen LogP contribution is -2.21. The molecule has 0 aromatic carbocycles. The molecule has 1 heterocycles. The van der Waals surface area contributed by atoms with Crippen molar-refractivity contribution in [1.82, 2.24) is 4.98 Å². The average Bonchev–Trinajstić information content (AvgIpc) is 2.02. The van der Waals surface area contributed by atoms with Gasteiger partial charge in [0.25, 0.3) is 0 Å². The lowest BCUT2D eigenvalue weighted by Gasteiger charge is -2.17. The number of hydrogen-bond donors (Lipinski definition) is 0. The van der Waals surface area contributed by atoms with E-state index in [1.165, 1.54) is 0 Å². The average molecular weight is 177 g/mol. The zero-order valence-corrected chi connectivity index (χ0v) is 8.59. The normalized spacial score (nSPS) is 11.4. The van der Waals surface area contributed by atoms with Crippen molar-refractivity contribution in [2.24, 2.45) is 5.41 Å². The molecule has 0 unspecified atom stereocenters. The first-order valence-corrected chi connectivity index (χ1v) is 4.38. The smallest absolute Gasteiger partial charge is 0.168 e. The second kappa shape index (κ2) is 3.29. The van der Waals surface area contributed by atoms with Crippen LogP contribution in [0.4, 0.5) is 0 Å². The Morgan fingerprint density at radius 3 is 2.46 bits per heavy atom. The summed E-state index contributed by atoms with van der Waals surface area (Å²) in [5, 5.41) is 0. The second-order valence-corrected chi connectivity index (χ2v) is 4.27. The van der Waals surface area contributed by atoms with Crippen molar-refractivity contribution < 1.29 is 4.79 Å². The predicted octanol–water partition coefficient (Wildman–Crippen LogP) is 2.62. The van der Waals surface area contributed by atoms with Crippen molar-refractivity contribution in [3.8, 4) is 0 Å². The number of carbonyl (C=O) groups excluding carboxylic acids is 1. The highest BCUT2D eigenvalue weighted by Gasteiger charge is 2.23. The second-order valence-electron chi connectivity index (χ2n) is 4.27. The van der Waals surface area contributed by atoms with Crippen LogP contribution < -0.4 is 0 Å². The Kier molecular flexibility index (Phi) is 2.50. The van der Waals surface area contributed by atoms with Gasteiger partial charge in [-0.15, -0.1) is 0 Å². The third kappa shape index (κ3) is 2.14. The molecule has 0 radical (unpaired) electrons. The minimum absolute atomic E-state index is 0.174. The molecule has 0 aliphatic carbocycles. The maximum atomic E-state index is 11.9. The Hall–Kier alpha value is -1.18. The highest BCUT2D eigenvalue weighted by Crippen LogP contribution is 2.21. The van der Waals surface area contributed by atoms with E-state index in [2.05, 4.69) is 4.98 Å². The molecule has 0 amide bonds. The Bertz CT molecular complexity index is 323. The summed E-state index contributed by atoms with van der Waals surface area (Å²) in [4.78, 5) is 15.8. The molecule has 0 aliphatic heterocycles. The van der Waals surface area contributed by atoms with Gasteiger partial charge in [-0.1, -0.05) is 20.8 Å². The number of aryl methyl sites for hydroxylation is 1. The van der Waals surface area contributed by atoms with E-state index in [4.69, 9.17) is 0 Å². The van der Waals surface area contributed by atoms with Crippen molar-refractivity contribution in [2.45, 2.75) is 27.7 Å². The van der Waals surface area contributed by atoms with Gasteiger partial charge in [0.1, 0.15) is 0 Å². The van der Waals surface area contributed by atoms with Gasteiger partial charge in [0, 0.05) is 23.4 Å². The molecule has 0 aliphatic rings. The van der Waals surface area contributed by atoms with Crippen LogP contribution in [0.25, 0.3) is 0 Å². The maximum absolute atomic E-state index is 11.9. The van der Waals surface area contributed by atoms with Crippen molar-refractivity contribution in [3.05, 3.63) is 29.6 Å². The summed E-state index contributed by atoms with van der Waals surface area (Å²) >= 11 is 0. The molecule has 0 N–H and O–H groups in total. The van der Waals surface area contributed by atoms with Gasteiger partial charge >= 0.3 is 0 Å². The van der Waals surface area contributed by atoms with Crippen molar-refractivity contribution in [3.63, 3.8) is 0 Å². The molecule has 0 bridgehead atoms. The Labute approximate surface area is 79.0 Å². The summed E-state index contributed by atoms with van der Waals surface area (Å²) < 4.78 is 0. The van der Waals surface area contributed by atoms with E-state index >= 15 is 0 Å². The zero-order valence-electron chi connectivity index (χ0n) is 8.59. The van der Waals surface area contributed by atoms with Gasteiger partial charge < -0.3 is 0 Å². The van der Waals surface area contributed by atoms with E-state index in [1.54, 1.807) is 18.5 Å². The third-order valence-electron chi connectivity index (χ3n) is 1.95. The molecule has 0 saturated heterocycles. The summed E-state index contributed by atoms with van der Waals surface area (Å²) in [6.45, 7) is 7.69. The van der Waals surface area contributed by atoms with Gasteiger partial charge in [0.05, 0.1) is 0 Å². The standard InChI is InChI=1S/C11H15NO/c1-8-7-12-6-5-9(8)10(13)11(2,3)4/h5-7H,1-4H3. The van der Waals surface area contributed by atoms with Crippen molar-refractivity contribution in [2.75, 3.05) is 0 Å². The van der Waals surface area contributed by atoms with E-state index in [-0.39, 0.29) is 11.2 Å². The summed E-state index contributed by atoms with van der Waals surface area (Å²) in [6.07, 6.45) is 3.38. The van der Waals surface area contributed by atoms with Crippen LogP contribution in [0.2, 0.25) is 0 Å². The van der Waals surface area contributed by atoms with Crippen LogP contribution in [0.3, 0.4) is 0 Å². The first-order valence-electron chi connectivity index (χ1n) is 4.38. The third-order valence-corrected chi connectivity index (χ3v) is 1.95. The Morgan fingerprint density at radius 2 is 2.00 bits per heavy atom. The zero-order chi connectivity index (χ0) is 10.1. The van der Waals surface area contributed by atoms with Gasteiger partial charge in [0.15, 0.2) is 5.78 Å². The predicted molar refractivity (Wildman–Crippen MR) is 52.8 cm³/mol. The van der Waals surface area contributed by atoms with E-state index < -0.39 is 0 Å². The Balaban J connectivity index is 3.10. The number of Topliss-reactive ketones (excluding diaryl/α,β-unsaturated/α-hetero) is 1. The summed E-state index contributed by atoms with van der Waals surface area (Å²) in [6, 6.07) is 1.78. The highest BCUT2D eigenvalue weighted by molar-refractivity contribution is 6.00. The van der Waals surface area contributed by atoms with E-state index in [0.29, 0.717) is 0 Å². The fraction of sp³-hybridized carbons (Fsp3) is 0.455. The van der Waals surface area contributed by atoms with Crippen LogP contribution in [-0.2, 0) is 0 Å². The highest BCUT2D eigenvalue weighted by atomic mass is 16.1. The Morgan fingerprint density at radius 1 is 1.38 bits per heavy atom. The molecular formula is C11H15NO. The largest absolute Gasteiger partial charge is 0.294 e. The summed E-state index contributed by atoms with van der Waals surface area (Å²) in [5.74, 6) is 0.174. The SMILES string of the molecule is Cc1cnccc1C(=O)C(C)(C)C. The van der Waals surface area contributed by atoms with Crippen LogP contribution in [0, 0.1) is 12.3 Å². The number of ketones is 1. The van der Waals surface area contributed by atoms with E-state index in [9.17, 15) is 4.79 Å². The molecule has 1 rings (SSSR count). The molecule has 0 atom stereocenters. The monoisotopic (exact) mass is 177 g/mol. The molecule has 13 heavy (non-hydrogen) atoms. The van der Waals surface area contributed by atoms with Crippen molar-refractivity contribution in [1.29, 1.82) is 0 Å². The van der Waals surface area contributed by atoms with Gasteiger partial charge in [0.2, 0.25) is 0 Å². The van der Waals surface area contributed by atoms with Crippen LogP contribution in [0.15, 0.2) is 18.5 Å². The van der Waals surface area contributed by atoms with Crippen LogP contribution in [0.1, 0.15) is 36.7 Å². The fourth-order valence-corrected chi connectivity index (χ4v) is 1.13. The molecule has 0 fully saturated rings. The quantitative estimate of drug-likeness (QED) is 0.617. The summed E-state index contributed by atoms with van der Waals surface area (Å²) in [7, 11) is 0. The minimum atomic E-state index is -0.313. The number of nitrogens with zero attached hydrogens (tertiary/aromatic N) is 1. The van der Waals surface area contributed by atoms with Gasteiger partial charge in [-0.25, -0.2) is 0 Å². The van der Waals surface area contributed by atoms with Crippen LogP contribution in [-0.4, -0.2) is 10.8 Å². The minimum Gasteiger partial charge on any atom is -0.294 e. The molecule has 2 heteroatoms. The molecule has 1 aromatic heterocycles.